The van der Waals surface area contributed by atoms with Crippen LogP contribution in [0.15, 0.2) is 23.3 Å². The smallest absolute Gasteiger partial charge is 0.310 e. The number of hydrogen-bond donors (Lipinski definition) is 1. The van der Waals surface area contributed by atoms with Gasteiger partial charge in [-0.2, -0.15) is 0 Å². The zero-order valence-corrected chi connectivity index (χ0v) is 21.2. The molecule has 0 aromatic rings. The van der Waals surface area contributed by atoms with E-state index in [-0.39, 0.29) is 16.7 Å². The maximum Gasteiger partial charge on any atom is 0.310 e. The Morgan fingerprint density at radius 3 is 2.52 bits per heavy atom. The Balaban J connectivity index is 1.56. The van der Waals surface area contributed by atoms with E-state index in [0.717, 1.165) is 56.1 Å². The molecule has 0 saturated heterocycles. The minimum atomic E-state index is -0.805. The quantitative estimate of drug-likeness (QED) is 0.472. The Morgan fingerprint density at radius 1 is 1.15 bits per heavy atom. The third-order valence-electron chi connectivity index (χ3n) is 10.7. The predicted octanol–water partition coefficient (Wildman–Crippen LogP) is 6.40. The minimum Gasteiger partial charge on any atom is -0.481 e. The molecule has 1 N–H and O–H groups in total. The standard InChI is InChI=1S/C29H42O4/c1-16(18(3)27(32)33)7-8-17(2)21-11-12-23-20-9-10-22-19(4)24(30)13-14-28(22,5)26(20)25(31)15-29(21,23)6/h17-19,21-23H,1,7-15H2,2-6H3,(H,32,33)/t17-,18?,19+,21?,22+,23+,28+,29-/m1/s1. The molecule has 4 aliphatic rings. The predicted molar refractivity (Wildman–Crippen MR) is 130 cm³/mol. The largest absolute Gasteiger partial charge is 0.481 e. The fourth-order valence-electron chi connectivity index (χ4n) is 8.56. The second kappa shape index (κ2) is 8.50. The van der Waals surface area contributed by atoms with Crippen LogP contribution in [-0.4, -0.2) is 22.6 Å². The first-order valence-electron chi connectivity index (χ1n) is 13.1. The van der Waals surface area contributed by atoms with Gasteiger partial charge in [0.2, 0.25) is 0 Å². The lowest BCUT2D eigenvalue weighted by molar-refractivity contribution is -0.140. The van der Waals surface area contributed by atoms with Crippen LogP contribution in [0.3, 0.4) is 0 Å². The number of aliphatic carboxylic acids is 1. The van der Waals surface area contributed by atoms with Gasteiger partial charge in [0.05, 0.1) is 5.92 Å². The molecule has 0 aliphatic heterocycles. The Labute approximate surface area is 199 Å². The molecule has 0 heterocycles. The van der Waals surface area contributed by atoms with E-state index in [1.165, 1.54) is 5.57 Å². The van der Waals surface area contributed by atoms with Crippen molar-refractivity contribution in [3.05, 3.63) is 23.3 Å². The summed E-state index contributed by atoms with van der Waals surface area (Å²) in [4.78, 5) is 37.5. The highest BCUT2D eigenvalue weighted by Gasteiger charge is 2.59. The van der Waals surface area contributed by atoms with Crippen LogP contribution in [0.25, 0.3) is 0 Å². The van der Waals surface area contributed by atoms with E-state index in [2.05, 4.69) is 34.3 Å². The number of carboxylic acids is 1. The lowest BCUT2D eigenvalue weighted by atomic mass is 9.48. The molecule has 4 nitrogen and oxygen atoms in total. The number of hydrogen-bond acceptors (Lipinski definition) is 3. The number of Topliss-reactive ketones (excluding diaryl/α,β-unsaturated/α-hetero) is 2. The van der Waals surface area contributed by atoms with Gasteiger partial charge in [0.1, 0.15) is 5.78 Å². The molecule has 8 atom stereocenters. The Kier molecular flexibility index (Phi) is 6.29. The van der Waals surface area contributed by atoms with Gasteiger partial charge in [-0.1, -0.05) is 45.4 Å². The van der Waals surface area contributed by atoms with Gasteiger partial charge in [0, 0.05) is 24.3 Å². The van der Waals surface area contributed by atoms with E-state index in [9.17, 15) is 19.5 Å². The minimum absolute atomic E-state index is 0.00558. The number of rotatable bonds is 6. The third-order valence-corrected chi connectivity index (χ3v) is 10.7. The average molecular weight is 455 g/mol. The van der Waals surface area contributed by atoms with Crippen molar-refractivity contribution in [3.63, 3.8) is 0 Å². The van der Waals surface area contributed by atoms with Gasteiger partial charge in [-0.3, -0.25) is 14.4 Å². The fourth-order valence-corrected chi connectivity index (χ4v) is 8.56. The van der Waals surface area contributed by atoms with Crippen LogP contribution in [0, 0.1) is 46.3 Å². The molecule has 0 spiro atoms. The lowest BCUT2D eigenvalue weighted by Crippen LogP contribution is -2.50. The van der Waals surface area contributed by atoms with Crippen molar-refractivity contribution in [3.8, 4) is 0 Å². The van der Waals surface area contributed by atoms with Gasteiger partial charge in [-0.05, 0) is 86.4 Å². The van der Waals surface area contributed by atoms with E-state index in [1.807, 2.05) is 0 Å². The highest BCUT2D eigenvalue weighted by molar-refractivity contribution is 6.00. The normalized spacial score (nSPS) is 40.0. The van der Waals surface area contributed by atoms with E-state index < -0.39 is 11.9 Å². The number of carboxylic acid groups (broad SMARTS) is 1. The molecule has 2 fully saturated rings. The van der Waals surface area contributed by atoms with E-state index >= 15 is 0 Å². The molecular weight excluding hydrogens is 412 g/mol. The van der Waals surface area contributed by atoms with Gasteiger partial charge in [0.25, 0.3) is 0 Å². The van der Waals surface area contributed by atoms with Crippen LogP contribution < -0.4 is 0 Å². The molecule has 0 amide bonds. The topological polar surface area (TPSA) is 71.4 Å². The van der Waals surface area contributed by atoms with Crippen LogP contribution >= 0.6 is 0 Å². The molecule has 0 bridgehead atoms. The summed E-state index contributed by atoms with van der Waals surface area (Å²) in [5.41, 5.74) is 3.22. The summed E-state index contributed by atoms with van der Waals surface area (Å²) < 4.78 is 0. The van der Waals surface area contributed by atoms with Crippen LogP contribution in [0.2, 0.25) is 0 Å². The van der Waals surface area contributed by atoms with Crippen molar-refractivity contribution in [1.82, 2.24) is 0 Å². The van der Waals surface area contributed by atoms with E-state index in [1.54, 1.807) is 6.92 Å². The van der Waals surface area contributed by atoms with Gasteiger partial charge >= 0.3 is 5.97 Å². The summed E-state index contributed by atoms with van der Waals surface area (Å²) in [6, 6.07) is 0. The van der Waals surface area contributed by atoms with Gasteiger partial charge < -0.3 is 5.11 Å². The van der Waals surface area contributed by atoms with Crippen molar-refractivity contribution >= 4 is 17.5 Å². The van der Waals surface area contributed by atoms with E-state index in [4.69, 9.17) is 0 Å². The number of fused-ring (bicyclic) bond motifs is 4. The fraction of sp³-hybridized carbons (Fsp3) is 0.759. The maximum atomic E-state index is 13.8. The van der Waals surface area contributed by atoms with Crippen molar-refractivity contribution in [1.29, 1.82) is 0 Å². The van der Waals surface area contributed by atoms with Crippen molar-refractivity contribution in [2.75, 3.05) is 0 Å². The van der Waals surface area contributed by atoms with Gasteiger partial charge in [0.15, 0.2) is 5.78 Å². The monoisotopic (exact) mass is 454 g/mol. The molecule has 4 heteroatoms. The maximum absolute atomic E-state index is 13.8. The van der Waals surface area contributed by atoms with Crippen LogP contribution in [0.5, 0.6) is 0 Å². The molecule has 2 unspecified atom stereocenters. The average Bonchev–Trinajstić information content (AvgIpc) is 3.10. The first-order chi connectivity index (χ1) is 15.4. The Morgan fingerprint density at radius 2 is 1.85 bits per heavy atom. The molecule has 4 aliphatic carbocycles. The number of ketones is 2. The molecule has 4 rings (SSSR count). The zero-order chi connectivity index (χ0) is 24.3. The van der Waals surface area contributed by atoms with Crippen LogP contribution in [0.4, 0.5) is 0 Å². The summed E-state index contributed by atoms with van der Waals surface area (Å²) in [6.45, 7) is 14.7. The summed E-state index contributed by atoms with van der Waals surface area (Å²) in [5.74, 6) is 1.18. The Hall–Kier alpha value is -1.71. The second-order valence-corrected chi connectivity index (χ2v) is 12.3. The first-order valence-corrected chi connectivity index (χ1v) is 13.1. The molecule has 0 aromatic heterocycles. The molecule has 2 saturated carbocycles. The summed E-state index contributed by atoms with van der Waals surface area (Å²) in [6.07, 6.45) is 8.05. The van der Waals surface area contributed by atoms with Gasteiger partial charge in [-0.15, -0.1) is 0 Å². The van der Waals surface area contributed by atoms with Crippen molar-refractivity contribution < 1.29 is 19.5 Å². The third kappa shape index (κ3) is 3.76. The Bertz CT molecular complexity index is 913. The zero-order valence-electron chi connectivity index (χ0n) is 21.2. The number of carbonyl (C=O) groups excluding carboxylic acids is 2. The second-order valence-electron chi connectivity index (χ2n) is 12.3. The molecular formula is C29H42O4. The molecule has 33 heavy (non-hydrogen) atoms. The van der Waals surface area contributed by atoms with Crippen molar-refractivity contribution in [2.24, 2.45) is 46.3 Å². The molecule has 182 valence electrons. The summed E-state index contributed by atoms with van der Waals surface area (Å²) in [5, 5.41) is 9.28. The SMILES string of the molecule is C=C(CC[C@@H](C)C1CC[C@H]2C3=C(C(=O)C[C@]12C)[C@@]1(C)CCC(=O)[C@@H](C)[C@@H]1CC3)C(C)C(=O)O. The van der Waals surface area contributed by atoms with Crippen LogP contribution in [0.1, 0.15) is 92.4 Å². The molecule has 0 radical (unpaired) electrons. The summed E-state index contributed by atoms with van der Waals surface area (Å²) in [7, 11) is 0. The first kappa shape index (κ1) is 24.4. The van der Waals surface area contributed by atoms with E-state index in [0.29, 0.717) is 48.1 Å². The van der Waals surface area contributed by atoms with Crippen molar-refractivity contribution in [2.45, 2.75) is 92.4 Å². The summed E-state index contributed by atoms with van der Waals surface area (Å²) >= 11 is 0. The number of carbonyl (C=O) groups is 3. The highest BCUT2D eigenvalue weighted by atomic mass is 16.4. The number of allylic oxidation sites excluding steroid dienone is 2. The highest BCUT2D eigenvalue weighted by Crippen LogP contribution is 2.65. The molecule has 0 aromatic carbocycles. The lowest BCUT2D eigenvalue weighted by Gasteiger charge is -2.54. The van der Waals surface area contributed by atoms with Crippen LogP contribution in [-0.2, 0) is 14.4 Å². The van der Waals surface area contributed by atoms with Gasteiger partial charge in [-0.25, -0.2) is 0 Å².